The summed E-state index contributed by atoms with van der Waals surface area (Å²) in [5.74, 6) is 0.939. The summed E-state index contributed by atoms with van der Waals surface area (Å²) >= 11 is 0. The lowest BCUT2D eigenvalue weighted by molar-refractivity contribution is 0.112. The summed E-state index contributed by atoms with van der Waals surface area (Å²) in [6.45, 7) is 4.18. The maximum atomic E-state index is 13.0. The van der Waals surface area contributed by atoms with Gasteiger partial charge in [-0.2, -0.15) is 0 Å². The molecule has 0 aromatic carbocycles. The molecule has 0 saturated heterocycles. The van der Waals surface area contributed by atoms with E-state index in [9.17, 15) is 4.21 Å². The molecule has 0 aromatic rings. The molecule has 7 nitrogen and oxygen atoms in total. The van der Waals surface area contributed by atoms with Crippen LogP contribution in [0.3, 0.4) is 0 Å². The van der Waals surface area contributed by atoms with Crippen molar-refractivity contribution in [3.8, 4) is 0 Å². The van der Waals surface area contributed by atoms with Crippen LogP contribution in [-0.4, -0.2) is 76.0 Å². The van der Waals surface area contributed by atoms with Gasteiger partial charge in [-0.15, -0.1) is 0 Å². The molecule has 0 bridgehead atoms. The molecule has 158 valence electrons. The topological polar surface area (TPSA) is 72.5 Å². The maximum absolute atomic E-state index is 13.0. The van der Waals surface area contributed by atoms with Gasteiger partial charge in [0.15, 0.2) is 0 Å². The third-order valence-electron chi connectivity index (χ3n) is 4.76. The van der Waals surface area contributed by atoms with Crippen LogP contribution in [0.2, 0.25) is 11.1 Å². The van der Waals surface area contributed by atoms with Crippen LogP contribution >= 0.6 is 0 Å². The van der Waals surface area contributed by atoms with Crippen molar-refractivity contribution in [2.45, 2.75) is 50.6 Å². The fraction of sp³-hybridized carbons (Fsp3) is 1.00. The zero-order valence-corrected chi connectivity index (χ0v) is 20.5. The van der Waals surface area contributed by atoms with Gasteiger partial charge in [-0.1, -0.05) is 26.7 Å². The number of hydrogen-bond acceptors (Lipinski definition) is 7. The zero-order chi connectivity index (χ0) is 20.2. The van der Waals surface area contributed by atoms with Crippen molar-refractivity contribution in [2.75, 3.05) is 54.2 Å². The minimum Gasteiger partial charge on any atom is -0.377 e. The van der Waals surface area contributed by atoms with Crippen LogP contribution in [0.1, 0.15) is 39.5 Å². The van der Waals surface area contributed by atoms with E-state index >= 15 is 0 Å². The van der Waals surface area contributed by atoms with E-state index in [1.807, 2.05) is 0 Å². The highest BCUT2D eigenvalue weighted by Crippen LogP contribution is 2.33. The normalized spacial score (nSPS) is 16.5. The van der Waals surface area contributed by atoms with E-state index in [4.69, 9.17) is 26.6 Å². The van der Waals surface area contributed by atoms with Crippen LogP contribution < -0.4 is 0 Å². The van der Waals surface area contributed by atoms with E-state index in [0.29, 0.717) is 11.5 Å². The Hall–Kier alpha value is 0.344. The number of hydrogen-bond donors (Lipinski definition) is 0. The smallest absolute Gasteiger partial charge is 0.377 e. The summed E-state index contributed by atoms with van der Waals surface area (Å²) in [6.07, 6.45) is 3.57. The highest BCUT2D eigenvalue weighted by atomic mass is 32.2. The largest absolute Gasteiger partial charge is 0.504 e. The summed E-state index contributed by atoms with van der Waals surface area (Å²) in [4.78, 5) is 0. The molecule has 2 atom stereocenters. The van der Waals surface area contributed by atoms with E-state index in [2.05, 4.69) is 13.8 Å². The Bertz CT molecular complexity index is 342. The van der Waals surface area contributed by atoms with Gasteiger partial charge in [-0.3, -0.25) is 4.21 Å². The summed E-state index contributed by atoms with van der Waals surface area (Å²) in [5, 5.41) is 0. The quantitative estimate of drug-likeness (QED) is 0.349. The first-order valence-electron chi connectivity index (χ1n) is 9.04. The predicted octanol–water partition coefficient (Wildman–Crippen LogP) is 2.83. The van der Waals surface area contributed by atoms with Crippen molar-refractivity contribution in [2.24, 2.45) is 0 Å². The zero-order valence-electron chi connectivity index (χ0n) is 17.7. The van der Waals surface area contributed by atoms with Crippen molar-refractivity contribution >= 4 is 28.4 Å². The molecular weight excluding hydrogens is 392 g/mol. The van der Waals surface area contributed by atoms with Crippen LogP contribution in [0.5, 0.6) is 0 Å². The first-order valence-corrected chi connectivity index (χ1v) is 14.1. The van der Waals surface area contributed by atoms with Crippen LogP contribution in [0, 0.1) is 0 Å². The van der Waals surface area contributed by atoms with Crippen molar-refractivity contribution < 1.29 is 30.8 Å². The fourth-order valence-electron chi connectivity index (χ4n) is 3.44. The van der Waals surface area contributed by atoms with Gasteiger partial charge in [0, 0.05) is 76.0 Å². The van der Waals surface area contributed by atoms with E-state index in [0.717, 1.165) is 25.7 Å². The van der Waals surface area contributed by atoms with E-state index < -0.39 is 28.4 Å². The summed E-state index contributed by atoms with van der Waals surface area (Å²) in [6, 6.07) is 0. The van der Waals surface area contributed by atoms with Crippen molar-refractivity contribution in [3.05, 3.63) is 0 Å². The highest BCUT2D eigenvalue weighted by molar-refractivity contribution is 7.85. The molecule has 0 N–H and O–H groups in total. The fourth-order valence-corrected chi connectivity index (χ4v) is 11.8. The third kappa shape index (κ3) is 6.75. The summed E-state index contributed by atoms with van der Waals surface area (Å²) in [5.41, 5.74) is -0.0291. The van der Waals surface area contributed by atoms with Gasteiger partial charge >= 0.3 is 17.6 Å². The van der Waals surface area contributed by atoms with Gasteiger partial charge in [0.1, 0.15) is 0 Å². The molecule has 10 heteroatoms. The molecule has 0 fully saturated rings. The van der Waals surface area contributed by atoms with Crippen LogP contribution in [0.25, 0.3) is 0 Å². The van der Waals surface area contributed by atoms with E-state index in [-0.39, 0.29) is 11.1 Å². The molecule has 0 aromatic heterocycles. The first kappa shape index (κ1) is 26.3. The second-order valence-electron chi connectivity index (χ2n) is 6.18. The molecule has 0 spiro atoms. The average molecular weight is 431 g/mol. The minimum absolute atomic E-state index is 0.0145. The Labute approximate surface area is 164 Å². The SMILES string of the molecule is CCCC(CS(=O)CC(CCC)[Si](OC)(OC)OC)[Si](OC)(OC)OC. The Kier molecular flexibility index (Phi) is 13.7. The lowest BCUT2D eigenvalue weighted by atomic mass is 10.3. The van der Waals surface area contributed by atoms with Crippen LogP contribution in [0.15, 0.2) is 0 Å². The van der Waals surface area contributed by atoms with Crippen LogP contribution in [0.4, 0.5) is 0 Å². The van der Waals surface area contributed by atoms with Crippen molar-refractivity contribution in [1.82, 2.24) is 0 Å². The Morgan fingerprint density at radius 1 is 0.654 bits per heavy atom. The second kappa shape index (κ2) is 13.5. The van der Waals surface area contributed by atoms with Crippen LogP contribution in [-0.2, 0) is 37.4 Å². The first-order chi connectivity index (χ1) is 12.4. The minimum atomic E-state index is -2.85. The molecule has 26 heavy (non-hydrogen) atoms. The molecule has 0 radical (unpaired) electrons. The molecule has 0 heterocycles. The maximum Gasteiger partial charge on any atom is 0.504 e. The third-order valence-corrected chi connectivity index (χ3v) is 13.3. The van der Waals surface area contributed by atoms with Gasteiger partial charge in [0.05, 0.1) is 0 Å². The Morgan fingerprint density at radius 3 is 1.12 bits per heavy atom. The van der Waals surface area contributed by atoms with Crippen molar-refractivity contribution in [1.29, 1.82) is 0 Å². The Balaban J connectivity index is 5.34. The second-order valence-corrected chi connectivity index (χ2v) is 14.2. The molecule has 0 aliphatic rings. The van der Waals surface area contributed by atoms with Gasteiger partial charge < -0.3 is 26.6 Å². The van der Waals surface area contributed by atoms with Gasteiger partial charge in [0.2, 0.25) is 0 Å². The van der Waals surface area contributed by atoms with E-state index in [1.165, 1.54) is 0 Å². The number of rotatable bonds is 16. The summed E-state index contributed by atoms with van der Waals surface area (Å²) in [7, 11) is 2.81. The van der Waals surface area contributed by atoms with Crippen molar-refractivity contribution in [3.63, 3.8) is 0 Å². The molecule has 2 unspecified atom stereocenters. The lowest BCUT2D eigenvalue weighted by Crippen LogP contribution is -2.51. The lowest BCUT2D eigenvalue weighted by Gasteiger charge is -2.34. The molecule has 0 rings (SSSR count). The van der Waals surface area contributed by atoms with Gasteiger partial charge in [-0.25, -0.2) is 0 Å². The summed E-state index contributed by atoms with van der Waals surface area (Å²) < 4.78 is 46.8. The highest BCUT2D eigenvalue weighted by Gasteiger charge is 2.50. The Morgan fingerprint density at radius 2 is 0.923 bits per heavy atom. The molecule has 0 aliphatic carbocycles. The average Bonchev–Trinajstić information content (AvgIpc) is 2.65. The van der Waals surface area contributed by atoms with Gasteiger partial charge in [0.25, 0.3) is 0 Å². The molecule has 0 saturated carbocycles. The predicted molar refractivity (Wildman–Crippen MR) is 109 cm³/mol. The standard InChI is InChI=1S/C16H38O7SSi2/c1-9-11-15(25(18-3,19-4)20-5)13-24(17)14-16(12-10-2)26(21-6,22-7)23-8/h15-16H,9-14H2,1-8H3. The van der Waals surface area contributed by atoms with E-state index in [1.54, 1.807) is 42.7 Å². The monoisotopic (exact) mass is 430 g/mol. The van der Waals surface area contributed by atoms with Gasteiger partial charge in [-0.05, 0) is 12.8 Å². The molecular formula is C16H38O7SSi2. The molecule has 0 aliphatic heterocycles. The molecule has 0 amide bonds.